The van der Waals surface area contributed by atoms with Crippen LogP contribution in [0.4, 0.5) is 0 Å². The Morgan fingerprint density at radius 3 is 3.00 bits per heavy atom. The zero-order valence-electron chi connectivity index (χ0n) is 9.66. The van der Waals surface area contributed by atoms with E-state index < -0.39 is 0 Å². The van der Waals surface area contributed by atoms with Gasteiger partial charge in [0.05, 0.1) is 5.02 Å². The topological polar surface area (TPSA) is 21.3 Å². The van der Waals surface area contributed by atoms with E-state index >= 15 is 0 Å². The largest absolute Gasteiger partial charge is 0.457 e. The summed E-state index contributed by atoms with van der Waals surface area (Å²) >= 11 is 7.64. The van der Waals surface area contributed by atoms with E-state index in [1.54, 1.807) is 18.0 Å². The summed E-state index contributed by atoms with van der Waals surface area (Å²) in [5.41, 5.74) is 0. The van der Waals surface area contributed by atoms with Crippen LogP contribution in [-0.2, 0) is 0 Å². The van der Waals surface area contributed by atoms with Crippen LogP contribution in [0.3, 0.4) is 0 Å². The number of dihydropyridines is 1. The second kappa shape index (κ2) is 5.52. The molecule has 1 N–H and O–H groups in total. The van der Waals surface area contributed by atoms with E-state index in [9.17, 15) is 0 Å². The highest BCUT2D eigenvalue weighted by molar-refractivity contribution is 7.98. The lowest BCUT2D eigenvalue weighted by molar-refractivity contribution is 0.428. The fraction of sp³-hybridized carbons (Fsp3) is 0.231. The van der Waals surface area contributed by atoms with Crippen LogP contribution in [0.15, 0.2) is 41.1 Å². The van der Waals surface area contributed by atoms with E-state index in [4.69, 9.17) is 16.3 Å². The summed E-state index contributed by atoms with van der Waals surface area (Å²) in [4.78, 5) is 1.01. The summed E-state index contributed by atoms with van der Waals surface area (Å²) in [6.07, 6.45) is 8.75. The monoisotopic (exact) mass is 266 g/mol. The van der Waals surface area contributed by atoms with Crippen LogP contribution in [0.2, 0.25) is 5.02 Å². The first-order chi connectivity index (χ1) is 8.19. The Balaban J connectivity index is 2.16. The number of ether oxygens (including phenoxy) is 1. The molecule has 0 amide bonds. The minimum Gasteiger partial charge on any atom is -0.457 e. The molecule has 4 heteroatoms. The van der Waals surface area contributed by atoms with Crippen molar-refractivity contribution in [3.63, 3.8) is 0 Å². The third kappa shape index (κ3) is 3.20. The molecule has 0 aliphatic carbocycles. The molecule has 2 rings (SSSR count). The maximum atomic E-state index is 6.04. The zero-order chi connectivity index (χ0) is 12.3. The van der Waals surface area contributed by atoms with Crippen LogP contribution >= 0.6 is 23.4 Å². The van der Waals surface area contributed by atoms with Crippen molar-refractivity contribution in [2.24, 2.45) is 0 Å². The number of halogens is 1. The number of hydrogen-bond donors (Lipinski definition) is 1. The number of benzene rings is 1. The molecule has 1 aliphatic heterocycles. The summed E-state index contributed by atoms with van der Waals surface area (Å²) < 4.78 is 5.73. The molecule has 2 nitrogen and oxygen atoms in total. The fourth-order valence-electron chi connectivity index (χ4n) is 1.46. The van der Waals surface area contributed by atoms with E-state index in [2.05, 4.69) is 18.3 Å². The molecule has 0 aromatic heterocycles. The van der Waals surface area contributed by atoms with Crippen molar-refractivity contribution < 1.29 is 4.74 Å². The van der Waals surface area contributed by atoms with Gasteiger partial charge < -0.3 is 10.1 Å². The summed E-state index contributed by atoms with van der Waals surface area (Å²) in [6.45, 7) is 2.05. The fourth-order valence-corrected chi connectivity index (χ4v) is 2.31. The Bertz CT molecular complexity index is 470. The molecule has 1 unspecified atom stereocenters. The molecule has 1 radical (unpaired) electrons. The lowest BCUT2D eigenvalue weighted by Crippen LogP contribution is -2.22. The maximum Gasteiger partial charge on any atom is 0.134 e. The van der Waals surface area contributed by atoms with Gasteiger partial charge in [-0.15, -0.1) is 11.8 Å². The lowest BCUT2D eigenvalue weighted by atomic mass is 10.2. The van der Waals surface area contributed by atoms with Gasteiger partial charge in [-0.1, -0.05) is 11.6 Å². The first-order valence-electron chi connectivity index (χ1n) is 5.26. The highest BCUT2D eigenvalue weighted by Gasteiger charge is 2.07. The molecule has 0 bridgehead atoms. The van der Waals surface area contributed by atoms with Gasteiger partial charge in [0.2, 0.25) is 0 Å². The predicted octanol–water partition coefficient (Wildman–Crippen LogP) is 3.63. The molecule has 17 heavy (non-hydrogen) atoms. The normalized spacial score (nSPS) is 18.5. The Morgan fingerprint density at radius 1 is 1.47 bits per heavy atom. The molecule has 0 spiro atoms. The number of hydrogen-bond acceptors (Lipinski definition) is 3. The number of nitrogens with one attached hydrogen (secondary N) is 1. The van der Waals surface area contributed by atoms with Crippen molar-refractivity contribution in [2.45, 2.75) is 17.9 Å². The van der Waals surface area contributed by atoms with Crippen LogP contribution in [0.1, 0.15) is 6.92 Å². The second-order valence-corrected chi connectivity index (χ2v) is 4.93. The van der Waals surface area contributed by atoms with Crippen LogP contribution in [0, 0.1) is 6.08 Å². The van der Waals surface area contributed by atoms with Crippen molar-refractivity contribution in [2.75, 3.05) is 6.26 Å². The van der Waals surface area contributed by atoms with Gasteiger partial charge in [0.1, 0.15) is 11.5 Å². The highest BCUT2D eigenvalue weighted by atomic mass is 35.5. The SMILES string of the molecule is CSc1cc(OC2=CC(C)NC=[C]2)ccc1Cl. The molecular formula is C13H13ClNOS. The van der Waals surface area contributed by atoms with Crippen LogP contribution in [-0.4, -0.2) is 12.3 Å². The lowest BCUT2D eigenvalue weighted by Gasteiger charge is -2.15. The first-order valence-corrected chi connectivity index (χ1v) is 6.87. The van der Waals surface area contributed by atoms with Crippen LogP contribution < -0.4 is 10.1 Å². The van der Waals surface area contributed by atoms with Crippen LogP contribution in [0.5, 0.6) is 5.75 Å². The third-order valence-electron chi connectivity index (χ3n) is 2.31. The summed E-state index contributed by atoms with van der Waals surface area (Å²) in [5, 5.41) is 3.86. The standard InChI is InChI=1S/C13H13ClNOS/c1-9-7-11(5-6-15-9)16-10-3-4-12(14)13(8-10)17-2/h3-4,6-9,15H,1-2H3. The number of thioether (sulfide) groups is 1. The quantitative estimate of drug-likeness (QED) is 0.844. The van der Waals surface area contributed by atoms with E-state index in [1.807, 2.05) is 30.5 Å². The van der Waals surface area contributed by atoms with Gasteiger partial charge >= 0.3 is 0 Å². The number of allylic oxidation sites excluding steroid dienone is 1. The van der Waals surface area contributed by atoms with Crippen molar-refractivity contribution >= 4 is 23.4 Å². The Labute approximate surface area is 111 Å². The second-order valence-electron chi connectivity index (χ2n) is 3.67. The molecule has 1 atom stereocenters. The van der Waals surface area contributed by atoms with Crippen LogP contribution in [0.25, 0.3) is 0 Å². The molecule has 1 aliphatic rings. The molecule has 0 saturated heterocycles. The summed E-state index contributed by atoms with van der Waals surface area (Å²) in [6, 6.07) is 5.90. The van der Waals surface area contributed by atoms with Gasteiger partial charge in [-0.05, 0) is 37.5 Å². The molecule has 1 aromatic carbocycles. The summed E-state index contributed by atoms with van der Waals surface area (Å²) in [7, 11) is 0. The van der Waals surface area contributed by atoms with Gasteiger partial charge in [0.15, 0.2) is 0 Å². The van der Waals surface area contributed by atoms with Gasteiger partial charge in [-0.25, -0.2) is 0 Å². The van der Waals surface area contributed by atoms with Crippen molar-refractivity contribution in [3.05, 3.63) is 47.3 Å². The van der Waals surface area contributed by atoms with Gasteiger partial charge in [-0.3, -0.25) is 0 Å². The van der Waals surface area contributed by atoms with E-state index in [0.717, 1.165) is 21.4 Å². The minimum atomic E-state index is 0.263. The maximum absolute atomic E-state index is 6.04. The van der Waals surface area contributed by atoms with E-state index in [-0.39, 0.29) is 6.04 Å². The minimum absolute atomic E-state index is 0.263. The first kappa shape index (κ1) is 12.4. The smallest absolute Gasteiger partial charge is 0.134 e. The molecule has 1 heterocycles. The van der Waals surface area contributed by atoms with Gasteiger partial charge in [-0.2, -0.15) is 0 Å². The van der Waals surface area contributed by atoms with Gasteiger partial charge in [0.25, 0.3) is 0 Å². The third-order valence-corrected chi connectivity index (χ3v) is 3.53. The van der Waals surface area contributed by atoms with E-state index in [0.29, 0.717) is 0 Å². The highest BCUT2D eigenvalue weighted by Crippen LogP contribution is 2.30. The molecular weight excluding hydrogens is 254 g/mol. The average Bonchev–Trinajstić information content (AvgIpc) is 2.32. The predicted molar refractivity (Wildman–Crippen MR) is 72.4 cm³/mol. The van der Waals surface area contributed by atoms with E-state index in [1.165, 1.54) is 0 Å². The Morgan fingerprint density at radius 2 is 2.29 bits per heavy atom. The van der Waals surface area contributed by atoms with Crippen molar-refractivity contribution in [3.8, 4) is 5.75 Å². The average molecular weight is 267 g/mol. The van der Waals surface area contributed by atoms with Gasteiger partial charge in [0, 0.05) is 23.2 Å². The van der Waals surface area contributed by atoms with Crippen molar-refractivity contribution in [1.29, 1.82) is 0 Å². The zero-order valence-corrected chi connectivity index (χ0v) is 11.2. The van der Waals surface area contributed by atoms with Crippen molar-refractivity contribution in [1.82, 2.24) is 5.32 Å². The summed E-state index contributed by atoms with van der Waals surface area (Å²) in [5.74, 6) is 1.51. The number of rotatable bonds is 3. The molecule has 0 saturated carbocycles. The molecule has 0 fully saturated rings. The molecule has 1 aromatic rings. The Hall–Kier alpha value is -1.06. The Kier molecular flexibility index (Phi) is 4.02. The molecule has 89 valence electrons.